The topological polar surface area (TPSA) is 93.9 Å². The molecule has 4 rings (SSSR count). The van der Waals surface area contributed by atoms with E-state index in [1.165, 1.54) is 38.1 Å². The number of anilines is 1. The molecular formula is C21H25N3O5. The molecule has 154 valence electrons. The third-order valence-electron chi connectivity index (χ3n) is 5.96. The number of oxazole rings is 1. The number of nitrogens with zero attached hydrogens (tertiary/aromatic N) is 2. The van der Waals surface area contributed by atoms with Crippen molar-refractivity contribution in [2.75, 3.05) is 25.5 Å². The highest BCUT2D eigenvalue weighted by atomic mass is 16.6. The maximum Gasteiger partial charge on any atom is 0.412 e. The molecule has 2 unspecified atom stereocenters. The van der Waals surface area contributed by atoms with Crippen LogP contribution in [0.1, 0.15) is 24.2 Å². The van der Waals surface area contributed by atoms with Crippen molar-refractivity contribution < 1.29 is 23.5 Å². The van der Waals surface area contributed by atoms with Crippen molar-refractivity contribution in [2.24, 2.45) is 17.8 Å². The van der Waals surface area contributed by atoms with E-state index in [-0.39, 0.29) is 12.7 Å². The minimum Gasteiger partial charge on any atom is -0.453 e. The van der Waals surface area contributed by atoms with Crippen LogP contribution in [0.25, 0.3) is 0 Å². The first-order valence-corrected chi connectivity index (χ1v) is 9.85. The Kier molecular flexibility index (Phi) is 5.69. The van der Waals surface area contributed by atoms with Crippen LogP contribution in [0.5, 0.6) is 0 Å². The first-order valence-electron chi connectivity index (χ1n) is 9.85. The van der Waals surface area contributed by atoms with Crippen molar-refractivity contribution in [2.45, 2.75) is 25.9 Å². The standard InChI is InChI=1S/C21H25N3O5/c1-27-21(26)24-10-15-4-5-16(11-24)19(15)8-14-2-6-17(7-3-14)23-20(25)28-12-18-9-22-13-29-18/h2-3,6-7,9,13,15-16,19H,4-5,8,10-12H2,1H3,(H,23,25). The molecule has 1 aliphatic carbocycles. The van der Waals surface area contributed by atoms with Crippen molar-refractivity contribution in [1.29, 1.82) is 0 Å². The molecule has 1 aromatic heterocycles. The average Bonchev–Trinajstić information content (AvgIpc) is 3.32. The van der Waals surface area contributed by atoms with Crippen LogP contribution in [0.15, 0.2) is 41.3 Å². The number of hydrogen-bond acceptors (Lipinski definition) is 6. The van der Waals surface area contributed by atoms with Gasteiger partial charge in [-0.2, -0.15) is 0 Å². The summed E-state index contributed by atoms with van der Waals surface area (Å²) in [6, 6.07) is 7.85. The lowest BCUT2D eigenvalue weighted by Gasteiger charge is -2.37. The Morgan fingerprint density at radius 1 is 1.21 bits per heavy atom. The van der Waals surface area contributed by atoms with Gasteiger partial charge in [-0.15, -0.1) is 0 Å². The van der Waals surface area contributed by atoms with E-state index < -0.39 is 6.09 Å². The van der Waals surface area contributed by atoms with Crippen molar-refractivity contribution in [3.05, 3.63) is 48.2 Å². The number of methoxy groups -OCH3 is 1. The van der Waals surface area contributed by atoms with E-state index in [9.17, 15) is 9.59 Å². The predicted octanol–water partition coefficient (Wildman–Crippen LogP) is 3.69. The molecule has 2 bridgehead atoms. The number of fused-ring (bicyclic) bond motifs is 2. The van der Waals surface area contributed by atoms with Crippen molar-refractivity contribution in [3.8, 4) is 0 Å². The number of benzene rings is 1. The largest absolute Gasteiger partial charge is 0.453 e. The van der Waals surface area contributed by atoms with Crippen molar-refractivity contribution >= 4 is 17.9 Å². The summed E-state index contributed by atoms with van der Waals surface area (Å²) in [6.45, 7) is 1.60. The molecule has 2 atom stereocenters. The molecule has 2 amide bonds. The van der Waals surface area contributed by atoms with Gasteiger partial charge in [-0.05, 0) is 54.7 Å². The molecule has 29 heavy (non-hydrogen) atoms. The van der Waals surface area contributed by atoms with Gasteiger partial charge in [0, 0.05) is 18.8 Å². The summed E-state index contributed by atoms with van der Waals surface area (Å²) >= 11 is 0. The monoisotopic (exact) mass is 399 g/mol. The maximum absolute atomic E-state index is 11.9. The van der Waals surface area contributed by atoms with Gasteiger partial charge < -0.3 is 18.8 Å². The minimum atomic E-state index is -0.539. The van der Waals surface area contributed by atoms with Crippen LogP contribution in [0, 0.1) is 17.8 Å². The zero-order chi connectivity index (χ0) is 20.2. The second kappa shape index (κ2) is 8.55. The lowest BCUT2D eigenvalue weighted by atomic mass is 9.81. The first kappa shape index (κ1) is 19.3. The zero-order valence-electron chi connectivity index (χ0n) is 16.4. The van der Waals surface area contributed by atoms with Crippen LogP contribution in [0.4, 0.5) is 15.3 Å². The Bertz CT molecular complexity index is 823. The number of ether oxygens (including phenoxy) is 2. The number of piperidine rings is 1. The number of carbonyl (C=O) groups is 2. The van der Waals surface area contributed by atoms with Gasteiger partial charge in [-0.25, -0.2) is 14.6 Å². The zero-order valence-corrected chi connectivity index (χ0v) is 16.4. The lowest BCUT2D eigenvalue weighted by Crippen LogP contribution is -2.45. The Hall–Kier alpha value is -3.03. The van der Waals surface area contributed by atoms with Crippen LogP contribution in [0.3, 0.4) is 0 Å². The Balaban J connectivity index is 1.28. The molecule has 2 aromatic rings. The van der Waals surface area contributed by atoms with Gasteiger partial charge in [0.15, 0.2) is 18.8 Å². The van der Waals surface area contributed by atoms with Gasteiger partial charge in [0.1, 0.15) is 0 Å². The molecule has 1 saturated carbocycles. The van der Waals surface area contributed by atoms with E-state index >= 15 is 0 Å². The van der Waals surface area contributed by atoms with Crippen molar-refractivity contribution in [3.63, 3.8) is 0 Å². The average molecular weight is 399 g/mol. The van der Waals surface area contributed by atoms with E-state index in [1.807, 2.05) is 29.2 Å². The summed E-state index contributed by atoms with van der Waals surface area (Å²) in [7, 11) is 1.44. The molecule has 0 spiro atoms. The molecule has 8 heteroatoms. The van der Waals surface area contributed by atoms with Gasteiger partial charge >= 0.3 is 12.2 Å². The molecule has 2 fully saturated rings. The summed E-state index contributed by atoms with van der Waals surface area (Å²) in [5.74, 6) is 2.12. The smallest absolute Gasteiger partial charge is 0.412 e. The molecule has 1 aromatic carbocycles. The Morgan fingerprint density at radius 2 is 1.93 bits per heavy atom. The quantitative estimate of drug-likeness (QED) is 0.824. The molecule has 1 N–H and O–H groups in total. The summed E-state index contributed by atoms with van der Waals surface area (Å²) in [4.78, 5) is 29.3. The number of likely N-dealkylation sites (tertiary alicyclic amines) is 1. The fraction of sp³-hybridized carbons (Fsp3) is 0.476. The highest BCUT2D eigenvalue weighted by Crippen LogP contribution is 2.43. The fourth-order valence-corrected chi connectivity index (χ4v) is 4.55. The molecule has 0 radical (unpaired) electrons. The number of nitrogens with one attached hydrogen (secondary N) is 1. The van der Waals surface area contributed by atoms with Gasteiger partial charge in [0.25, 0.3) is 0 Å². The van der Waals surface area contributed by atoms with Gasteiger partial charge in [0.2, 0.25) is 0 Å². The molecule has 2 aliphatic rings. The number of carbonyl (C=O) groups excluding carboxylic acids is 2. The molecule has 2 heterocycles. The lowest BCUT2D eigenvalue weighted by molar-refractivity contribution is 0.0774. The number of rotatable bonds is 5. The molecule has 1 saturated heterocycles. The van der Waals surface area contributed by atoms with Crippen LogP contribution >= 0.6 is 0 Å². The van der Waals surface area contributed by atoms with Crippen LogP contribution in [0.2, 0.25) is 0 Å². The predicted molar refractivity (Wildman–Crippen MR) is 104 cm³/mol. The van der Waals surface area contributed by atoms with E-state index in [0.717, 1.165) is 19.5 Å². The minimum absolute atomic E-state index is 0.0387. The molecule has 1 aliphatic heterocycles. The summed E-state index contributed by atoms with van der Waals surface area (Å²) in [6.07, 6.45) is 5.36. The third kappa shape index (κ3) is 4.52. The number of aromatic nitrogens is 1. The van der Waals surface area contributed by atoms with E-state index in [2.05, 4.69) is 10.3 Å². The van der Waals surface area contributed by atoms with E-state index in [0.29, 0.717) is 29.2 Å². The maximum atomic E-state index is 11.9. The second-order valence-corrected chi connectivity index (χ2v) is 7.71. The normalized spacial score (nSPS) is 22.9. The van der Waals surface area contributed by atoms with Crippen LogP contribution in [-0.2, 0) is 22.5 Å². The third-order valence-corrected chi connectivity index (χ3v) is 5.96. The second-order valence-electron chi connectivity index (χ2n) is 7.71. The van der Waals surface area contributed by atoms with Gasteiger partial charge in [-0.3, -0.25) is 5.32 Å². The Morgan fingerprint density at radius 3 is 2.55 bits per heavy atom. The van der Waals surface area contributed by atoms with Crippen molar-refractivity contribution in [1.82, 2.24) is 9.88 Å². The van der Waals surface area contributed by atoms with Gasteiger partial charge in [-0.1, -0.05) is 12.1 Å². The van der Waals surface area contributed by atoms with Crippen LogP contribution < -0.4 is 5.32 Å². The highest BCUT2D eigenvalue weighted by molar-refractivity contribution is 5.84. The summed E-state index contributed by atoms with van der Waals surface area (Å²) < 4.78 is 15.0. The van der Waals surface area contributed by atoms with Gasteiger partial charge in [0.05, 0.1) is 13.3 Å². The first-order chi connectivity index (χ1) is 14.1. The van der Waals surface area contributed by atoms with E-state index in [1.54, 1.807) is 0 Å². The number of amides is 2. The Labute approximate surface area is 169 Å². The summed E-state index contributed by atoms with van der Waals surface area (Å²) in [5.41, 5.74) is 1.92. The van der Waals surface area contributed by atoms with Crippen LogP contribution in [-0.4, -0.2) is 42.3 Å². The SMILES string of the molecule is COC(=O)N1CC2CCC(C1)C2Cc1ccc(NC(=O)OCc2cnco2)cc1. The number of hydrogen-bond donors (Lipinski definition) is 1. The fourth-order valence-electron chi connectivity index (χ4n) is 4.55. The van der Waals surface area contributed by atoms with E-state index in [4.69, 9.17) is 13.9 Å². The highest BCUT2D eigenvalue weighted by Gasteiger charge is 2.43. The molecular weight excluding hydrogens is 374 g/mol. The summed E-state index contributed by atoms with van der Waals surface area (Å²) in [5, 5.41) is 2.71. The molecule has 8 nitrogen and oxygen atoms in total.